The minimum atomic E-state index is -0.817. The molecule has 2 heterocycles. The standard InChI is InChI=1S/C18H19ClN2O2/c19-16-5-3-13(4-6-16)14-7-10-21(11-8-14)17(18(22)23)15-2-1-9-20-12-15/h1-6,9,12,14,17H,7-8,10-11H2,(H,22,23). The quantitative estimate of drug-likeness (QED) is 0.927. The summed E-state index contributed by atoms with van der Waals surface area (Å²) in [6.45, 7) is 1.53. The number of aromatic nitrogens is 1. The van der Waals surface area contributed by atoms with Crippen molar-refractivity contribution >= 4 is 17.6 Å². The van der Waals surface area contributed by atoms with Gasteiger partial charge in [0.15, 0.2) is 0 Å². The molecular weight excluding hydrogens is 312 g/mol. The molecule has 120 valence electrons. The molecular formula is C18H19ClN2O2. The molecule has 0 amide bonds. The number of benzene rings is 1. The number of halogens is 1. The zero-order valence-electron chi connectivity index (χ0n) is 12.7. The Balaban J connectivity index is 1.69. The number of hydrogen-bond donors (Lipinski definition) is 1. The number of pyridine rings is 1. The molecule has 1 aliphatic rings. The van der Waals surface area contributed by atoms with Gasteiger partial charge in [0.25, 0.3) is 0 Å². The molecule has 1 N–H and O–H groups in total. The first-order valence-electron chi connectivity index (χ1n) is 7.77. The highest BCUT2D eigenvalue weighted by Crippen LogP contribution is 2.32. The molecule has 1 atom stereocenters. The topological polar surface area (TPSA) is 53.4 Å². The number of carboxylic acid groups (broad SMARTS) is 1. The van der Waals surface area contributed by atoms with Crippen molar-refractivity contribution in [2.45, 2.75) is 24.8 Å². The third-order valence-corrected chi connectivity index (χ3v) is 4.72. The van der Waals surface area contributed by atoms with Gasteiger partial charge < -0.3 is 5.11 Å². The summed E-state index contributed by atoms with van der Waals surface area (Å²) in [5, 5.41) is 10.4. The molecule has 1 unspecified atom stereocenters. The molecule has 1 aromatic heterocycles. The SMILES string of the molecule is O=C(O)C(c1cccnc1)N1CCC(c2ccc(Cl)cc2)CC1. The number of likely N-dealkylation sites (tertiary alicyclic amines) is 1. The molecule has 1 aromatic carbocycles. The third-order valence-electron chi connectivity index (χ3n) is 4.47. The summed E-state index contributed by atoms with van der Waals surface area (Å²) in [6.07, 6.45) is 5.20. The van der Waals surface area contributed by atoms with Crippen molar-refractivity contribution in [3.05, 3.63) is 64.9 Å². The van der Waals surface area contributed by atoms with Crippen LogP contribution in [0, 0.1) is 0 Å². The fraction of sp³-hybridized carbons (Fsp3) is 0.333. The summed E-state index contributed by atoms with van der Waals surface area (Å²) in [5.74, 6) is -0.352. The maximum atomic E-state index is 11.7. The number of aliphatic carboxylic acids is 1. The van der Waals surface area contributed by atoms with Gasteiger partial charge in [0.05, 0.1) is 0 Å². The van der Waals surface area contributed by atoms with Gasteiger partial charge >= 0.3 is 5.97 Å². The first kappa shape index (κ1) is 16.0. The molecule has 0 radical (unpaired) electrons. The summed E-state index contributed by atoms with van der Waals surface area (Å²) in [4.78, 5) is 17.8. The molecule has 0 aliphatic carbocycles. The highest BCUT2D eigenvalue weighted by atomic mass is 35.5. The smallest absolute Gasteiger partial charge is 0.325 e. The van der Waals surface area contributed by atoms with Crippen LogP contribution in [0.4, 0.5) is 0 Å². The Morgan fingerprint density at radius 1 is 1.22 bits per heavy atom. The zero-order chi connectivity index (χ0) is 16.2. The van der Waals surface area contributed by atoms with Gasteiger partial charge in [-0.3, -0.25) is 14.7 Å². The van der Waals surface area contributed by atoms with Crippen LogP contribution in [0.3, 0.4) is 0 Å². The molecule has 2 aromatic rings. The maximum absolute atomic E-state index is 11.7. The fourth-order valence-corrected chi connectivity index (χ4v) is 3.40. The number of hydrogen-bond acceptors (Lipinski definition) is 3. The Bertz CT molecular complexity index is 652. The summed E-state index contributed by atoms with van der Waals surface area (Å²) < 4.78 is 0. The Hall–Kier alpha value is -1.91. The van der Waals surface area contributed by atoms with E-state index in [1.54, 1.807) is 18.5 Å². The van der Waals surface area contributed by atoms with Crippen molar-refractivity contribution in [3.63, 3.8) is 0 Å². The van der Waals surface area contributed by atoms with Crippen LogP contribution in [0.5, 0.6) is 0 Å². The van der Waals surface area contributed by atoms with Gasteiger partial charge in [0.1, 0.15) is 6.04 Å². The van der Waals surface area contributed by atoms with Crippen LogP contribution in [0.1, 0.15) is 35.9 Å². The molecule has 4 nitrogen and oxygen atoms in total. The number of nitrogens with zero attached hydrogens (tertiary/aromatic N) is 2. The summed E-state index contributed by atoms with van der Waals surface area (Å²) >= 11 is 5.94. The number of rotatable bonds is 4. The highest BCUT2D eigenvalue weighted by molar-refractivity contribution is 6.30. The first-order chi connectivity index (χ1) is 11.1. The van der Waals surface area contributed by atoms with E-state index in [2.05, 4.69) is 17.1 Å². The van der Waals surface area contributed by atoms with Gasteiger partial charge in [-0.05, 0) is 61.2 Å². The minimum Gasteiger partial charge on any atom is -0.480 e. The van der Waals surface area contributed by atoms with Gasteiger partial charge in [-0.15, -0.1) is 0 Å². The number of piperidine rings is 1. The van der Waals surface area contributed by atoms with E-state index in [4.69, 9.17) is 11.6 Å². The summed E-state index contributed by atoms with van der Waals surface area (Å²) in [7, 11) is 0. The molecule has 1 aliphatic heterocycles. The van der Waals surface area contributed by atoms with E-state index in [1.807, 2.05) is 23.1 Å². The van der Waals surface area contributed by atoms with Gasteiger partial charge in [-0.1, -0.05) is 29.8 Å². The average molecular weight is 331 g/mol. The van der Waals surface area contributed by atoms with E-state index < -0.39 is 12.0 Å². The summed E-state index contributed by atoms with van der Waals surface area (Å²) in [6, 6.07) is 11.0. The highest BCUT2D eigenvalue weighted by Gasteiger charge is 2.31. The van der Waals surface area contributed by atoms with Crippen LogP contribution in [0.2, 0.25) is 5.02 Å². The van der Waals surface area contributed by atoms with Crippen LogP contribution in [-0.2, 0) is 4.79 Å². The molecule has 3 rings (SSSR count). The van der Waals surface area contributed by atoms with Gasteiger partial charge in [-0.25, -0.2) is 0 Å². The van der Waals surface area contributed by atoms with Crippen LogP contribution in [0.15, 0.2) is 48.8 Å². The molecule has 5 heteroatoms. The number of carbonyl (C=O) groups is 1. The van der Waals surface area contributed by atoms with Crippen molar-refractivity contribution in [3.8, 4) is 0 Å². The monoisotopic (exact) mass is 330 g/mol. The molecule has 0 bridgehead atoms. The Morgan fingerprint density at radius 2 is 1.91 bits per heavy atom. The van der Waals surface area contributed by atoms with E-state index in [9.17, 15) is 9.90 Å². The largest absolute Gasteiger partial charge is 0.480 e. The van der Waals surface area contributed by atoms with Crippen molar-refractivity contribution in [1.29, 1.82) is 0 Å². The van der Waals surface area contributed by atoms with Crippen molar-refractivity contribution < 1.29 is 9.90 Å². The maximum Gasteiger partial charge on any atom is 0.325 e. The molecule has 0 saturated carbocycles. The average Bonchev–Trinajstić information content (AvgIpc) is 2.57. The fourth-order valence-electron chi connectivity index (χ4n) is 3.27. The second-order valence-electron chi connectivity index (χ2n) is 5.89. The lowest BCUT2D eigenvalue weighted by molar-refractivity contribution is -0.144. The van der Waals surface area contributed by atoms with Crippen molar-refractivity contribution in [2.24, 2.45) is 0 Å². The van der Waals surface area contributed by atoms with E-state index >= 15 is 0 Å². The predicted molar refractivity (Wildman–Crippen MR) is 89.6 cm³/mol. The summed E-state index contributed by atoms with van der Waals surface area (Å²) in [5.41, 5.74) is 2.02. The van der Waals surface area contributed by atoms with Crippen LogP contribution < -0.4 is 0 Å². The Kier molecular flexibility index (Phi) is 4.94. The van der Waals surface area contributed by atoms with E-state index in [-0.39, 0.29) is 0 Å². The van der Waals surface area contributed by atoms with E-state index in [0.717, 1.165) is 36.5 Å². The molecule has 1 saturated heterocycles. The normalized spacial score (nSPS) is 17.8. The van der Waals surface area contributed by atoms with Crippen molar-refractivity contribution in [2.75, 3.05) is 13.1 Å². The van der Waals surface area contributed by atoms with Crippen LogP contribution >= 0.6 is 11.6 Å². The molecule has 0 spiro atoms. The Morgan fingerprint density at radius 3 is 2.48 bits per heavy atom. The lowest BCUT2D eigenvalue weighted by Gasteiger charge is -2.35. The second kappa shape index (κ2) is 7.11. The minimum absolute atomic E-state index is 0.465. The van der Waals surface area contributed by atoms with Crippen LogP contribution in [0.25, 0.3) is 0 Å². The van der Waals surface area contributed by atoms with Crippen molar-refractivity contribution in [1.82, 2.24) is 9.88 Å². The van der Waals surface area contributed by atoms with Gasteiger partial charge in [-0.2, -0.15) is 0 Å². The first-order valence-corrected chi connectivity index (χ1v) is 8.15. The molecule has 1 fully saturated rings. The second-order valence-corrected chi connectivity index (χ2v) is 6.33. The molecule has 23 heavy (non-hydrogen) atoms. The van der Waals surface area contributed by atoms with E-state index in [0.29, 0.717) is 5.92 Å². The zero-order valence-corrected chi connectivity index (χ0v) is 13.5. The van der Waals surface area contributed by atoms with E-state index in [1.165, 1.54) is 5.56 Å². The number of carboxylic acids is 1. The predicted octanol–water partition coefficient (Wildman–Crippen LogP) is 3.74. The van der Waals surface area contributed by atoms with Gasteiger partial charge in [0, 0.05) is 17.4 Å². The third kappa shape index (κ3) is 3.71. The lowest BCUT2D eigenvalue weighted by atomic mass is 9.88. The Labute approximate surface area is 140 Å². The van der Waals surface area contributed by atoms with Crippen LogP contribution in [-0.4, -0.2) is 34.0 Å². The van der Waals surface area contributed by atoms with Gasteiger partial charge in [0.2, 0.25) is 0 Å². The lowest BCUT2D eigenvalue weighted by Crippen LogP contribution is -2.39.